The Bertz CT molecular complexity index is 434. The van der Waals surface area contributed by atoms with Gasteiger partial charge < -0.3 is 14.5 Å². The third-order valence-electron chi connectivity index (χ3n) is 2.15. The molecule has 74 valence electrons. The summed E-state index contributed by atoms with van der Waals surface area (Å²) >= 11 is 0. The molecule has 1 aromatic carbocycles. The van der Waals surface area contributed by atoms with Crippen LogP contribution in [-0.4, -0.2) is 18.7 Å². The van der Waals surface area contributed by atoms with Gasteiger partial charge in [-0.3, -0.25) is 0 Å². The molecule has 0 bridgehead atoms. The fraction of sp³-hybridized carbons (Fsp3) is 0.273. The van der Waals surface area contributed by atoms with E-state index in [0.717, 1.165) is 22.4 Å². The summed E-state index contributed by atoms with van der Waals surface area (Å²) in [7, 11) is 1.65. The highest BCUT2D eigenvalue weighted by molar-refractivity contribution is 5.87. The van der Waals surface area contributed by atoms with Crippen LogP contribution in [0.4, 0.5) is 0 Å². The number of ether oxygens (including phenoxy) is 2. The number of hydrogen-bond donors (Lipinski definition) is 1. The van der Waals surface area contributed by atoms with Gasteiger partial charge in [0.2, 0.25) is 0 Å². The molecule has 0 atom stereocenters. The number of nitrogens with one attached hydrogen (secondary N) is 1. The van der Waals surface area contributed by atoms with E-state index >= 15 is 0 Å². The summed E-state index contributed by atoms with van der Waals surface area (Å²) in [5.41, 5.74) is 0.985. The van der Waals surface area contributed by atoms with E-state index in [0.29, 0.717) is 6.61 Å². The quantitative estimate of drug-likeness (QED) is 0.809. The monoisotopic (exact) mass is 191 g/mol. The summed E-state index contributed by atoms with van der Waals surface area (Å²) in [6.07, 6.45) is 1.89. The maximum absolute atomic E-state index is 5.46. The molecule has 3 nitrogen and oxygen atoms in total. The Balaban J connectivity index is 2.60. The van der Waals surface area contributed by atoms with Crippen LogP contribution in [0, 0.1) is 0 Å². The average Bonchev–Trinajstić information content (AvgIpc) is 2.66. The molecule has 0 unspecified atom stereocenters. The summed E-state index contributed by atoms with van der Waals surface area (Å²) in [5, 5.41) is 1.13. The van der Waals surface area contributed by atoms with Gasteiger partial charge in [-0.05, 0) is 25.1 Å². The fourth-order valence-corrected chi connectivity index (χ4v) is 1.55. The smallest absolute Gasteiger partial charge is 0.184 e. The van der Waals surface area contributed by atoms with Crippen molar-refractivity contribution in [2.45, 2.75) is 6.92 Å². The molecule has 0 aliphatic carbocycles. The second-order valence-electron chi connectivity index (χ2n) is 2.97. The molecule has 0 radical (unpaired) electrons. The predicted octanol–water partition coefficient (Wildman–Crippen LogP) is 2.58. The molecule has 1 aromatic heterocycles. The zero-order valence-corrected chi connectivity index (χ0v) is 8.33. The van der Waals surface area contributed by atoms with Gasteiger partial charge in [0.15, 0.2) is 11.5 Å². The topological polar surface area (TPSA) is 34.2 Å². The number of fused-ring (bicyclic) bond motifs is 1. The molecule has 0 saturated heterocycles. The van der Waals surface area contributed by atoms with Crippen molar-refractivity contribution >= 4 is 10.9 Å². The van der Waals surface area contributed by atoms with Crippen molar-refractivity contribution in [2.24, 2.45) is 0 Å². The van der Waals surface area contributed by atoms with Crippen LogP contribution < -0.4 is 9.47 Å². The summed E-state index contributed by atoms with van der Waals surface area (Å²) < 4.78 is 10.8. The summed E-state index contributed by atoms with van der Waals surface area (Å²) in [5.74, 6) is 1.55. The standard InChI is InChI=1S/C11H13NO2/c1-3-14-9-5-4-8-6-7-12-10(8)11(9)13-2/h4-7,12H,3H2,1-2H3. The third kappa shape index (κ3) is 1.31. The second-order valence-corrected chi connectivity index (χ2v) is 2.97. The number of rotatable bonds is 3. The van der Waals surface area contributed by atoms with Crippen molar-refractivity contribution in [1.29, 1.82) is 0 Å². The number of H-pyrrole nitrogens is 1. The molecule has 0 fully saturated rings. The number of aromatic nitrogens is 1. The van der Waals surface area contributed by atoms with E-state index in [4.69, 9.17) is 9.47 Å². The molecular formula is C11H13NO2. The Morgan fingerprint density at radius 1 is 1.29 bits per heavy atom. The van der Waals surface area contributed by atoms with Gasteiger partial charge in [-0.1, -0.05) is 0 Å². The molecule has 0 amide bonds. The molecule has 1 heterocycles. The molecule has 0 aliphatic rings. The largest absolute Gasteiger partial charge is 0.491 e. The molecule has 3 heteroatoms. The molecule has 0 saturated carbocycles. The Hall–Kier alpha value is -1.64. The van der Waals surface area contributed by atoms with E-state index in [1.54, 1.807) is 7.11 Å². The molecule has 1 N–H and O–H groups in total. The van der Waals surface area contributed by atoms with Gasteiger partial charge in [0.25, 0.3) is 0 Å². The van der Waals surface area contributed by atoms with Gasteiger partial charge in [-0.15, -0.1) is 0 Å². The van der Waals surface area contributed by atoms with Crippen LogP contribution in [0.15, 0.2) is 24.4 Å². The molecule has 0 spiro atoms. The minimum Gasteiger partial charge on any atom is -0.491 e. The number of benzene rings is 1. The molecular weight excluding hydrogens is 178 g/mol. The number of hydrogen-bond acceptors (Lipinski definition) is 2. The van der Waals surface area contributed by atoms with Crippen molar-refractivity contribution in [3.05, 3.63) is 24.4 Å². The number of methoxy groups -OCH3 is 1. The van der Waals surface area contributed by atoms with Gasteiger partial charge in [-0.2, -0.15) is 0 Å². The highest BCUT2D eigenvalue weighted by atomic mass is 16.5. The van der Waals surface area contributed by atoms with Crippen LogP contribution in [0.2, 0.25) is 0 Å². The first-order valence-corrected chi connectivity index (χ1v) is 4.63. The Labute approximate surface area is 82.6 Å². The molecule has 0 aliphatic heterocycles. The van der Waals surface area contributed by atoms with E-state index in [1.165, 1.54) is 0 Å². The highest BCUT2D eigenvalue weighted by Crippen LogP contribution is 2.34. The normalized spacial score (nSPS) is 10.4. The van der Waals surface area contributed by atoms with Crippen LogP contribution in [0.1, 0.15) is 6.92 Å². The first-order valence-electron chi connectivity index (χ1n) is 4.63. The lowest BCUT2D eigenvalue weighted by Gasteiger charge is -2.09. The van der Waals surface area contributed by atoms with Gasteiger partial charge in [0.05, 0.1) is 19.2 Å². The van der Waals surface area contributed by atoms with E-state index in [9.17, 15) is 0 Å². The third-order valence-corrected chi connectivity index (χ3v) is 2.15. The zero-order valence-electron chi connectivity index (χ0n) is 8.33. The van der Waals surface area contributed by atoms with Crippen molar-refractivity contribution in [3.63, 3.8) is 0 Å². The van der Waals surface area contributed by atoms with E-state index in [-0.39, 0.29) is 0 Å². The molecule has 14 heavy (non-hydrogen) atoms. The SMILES string of the molecule is CCOc1ccc2cc[nH]c2c1OC. The molecule has 2 aromatic rings. The van der Waals surface area contributed by atoms with Crippen molar-refractivity contribution in [2.75, 3.05) is 13.7 Å². The lowest BCUT2D eigenvalue weighted by molar-refractivity contribution is 0.313. The van der Waals surface area contributed by atoms with Crippen LogP contribution in [-0.2, 0) is 0 Å². The fourth-order valence-electron chi connectivity index (χ4n) is 1.55. The lowest BCUT2D eigenvalue weighted by Crippen LogP contribution is -1.95. The summed E-state index contributed by atoms with van der Waals surface area (Å²) in [6, 6.07) is 5.95. The van der Waals surface area contributed by atoms with Crippen LogP contribution >= 0.6 is 0 Å². The summed E-state index contributed by atoms with van der Waals surface area (Å²) in [6.45, 7) is 2.60. The van der Waals surface area contributed by atoms with Gasteiger partial charge in [0.1, 0.15) is 0 Å². The zero-order chi connectivity index (χ0) is 9.97. The van der Waals surface area contributed by atoms with Crippen LogP contribution in [0.25, 0.3) is 10.9 Å². The Morgan fingerprint density at radius 2 is 2.14 bits per heavy atom. The summed E-state index contributed by atoms with van der Waals surface area (Å²) in [4.78, 5) is 3.13. The van der Waals surface area contributed by atoms with Crippen molar-refractivity contribution in [1.82, 2.24) is 4.98 Å². The first-order chi connectivity index (χ1) is 6.86. The van der Waals surface area contributed by atoms with Gasteiger partial charge in [0, 0.05) is 11.6 Å². The minimum atomic E-state index is 0.641. The minimum absolute atomic E-state index is 0.641. The highest BCUT2D eigenvalue weighted by Gasteiger charge is 2.09. The first kappa shape index (κ1) is 8.94. The van der Waals surface area contributed by atoms with E-state index < -0.39 is 0 Å². The maximum atomic E-state index is 5.46. The Kier molecular flexibility index (Phi) is 2.31. The molecule has 2 rings (SSSR count). The van der Waals surface area contributed by atoms with E-state index in [1.807, 2.05) is 31.3 Å². The van der Waals surface area contributed by atoms with Gasteiger partial charge in [-0.25, -0.2) is 0 Å². The van der Waals surface area contributed by atoms with Crippen molar-refractivity contribution < 1.29 is 9.47 Å². The van der Waals surface area contributed by atoms with E-state index in [2.05, 4.69) is 4.98 Å². The van der Waals surface area contributed by atoms with Crippen LogP contribution in [0.3, 0.4) is 0 Å². The van der Waals surface area contributed by atoms with Crippen LogP contribution in [0.5, 0.6) is 11.5 Å². The second kappa shape index (κ2) is 3.62. The van der Waals surface area contributed by atoms with Crippen molar-refractivity contribution in [3.8, 4) is 11.5 Å². The lowest BCUT2D eigenvalue weighted by atomic mass is 10.2. The maximum Gasteiger partial charge on any atom is 0.184 e. The Morgan fingerprint density at radius 3 is 2.86 bits per heavy atom. The predicted molar refractivity (Wildman–Crippen MR) is 56.0 cm³/mol. The average molecular weight is 191 g/mol. The number of aromatic amines is 1. The van der Waals surface area contributed by atoms with Gasteiger partial charge >= 0.3 is 0 Å².